The third-order valence-electron chi connectivity index (χ3n) is 6.93. The van der Waals surface area contributed by atoms with E-state index >= 15 is 0 Å². The highest BCUT2D eigenvalue weighted by molar-refractivity contribution is 6.12. The summed E-state index contributed by atoms with van der Waals surface area (Å²) < 4.78 is 24.6. The van der Waals surface area contributed by atoms with Gasteiger partial charge in [0, 0.05) is 29.4 Å². The van der Waals surface area contributed by atoms with Crippen LogP contribution in [-0.4, -0.2) is 31.3 Å². The minimum atomic E-state index is -0.347. The molecule has 2 aromatic heterocycles. The van der Waals surface area contributed by atoms with Crippen LogP contribution >= 0.6 is 0 Å². The Morgan fingerprint density at radius 1 is 0.763 bits per heavy atom. The van der Waals surface area contributed by atoms with E-state index in [4.69, 9.17) is 18.3 Å². The molecule has 6 aromatic rings. The van der Waals surface area contributed by atoms with Crippen LogP contribution in [0.4, 0.5) is 6.01 Å². The number of anilines is 1. The lowest BCUT2D eigenvalue weighted by atomic mass is 9.99. The van der Waals surface area contributed by atoms with Crippen LogP contribution in [0.1, 0.15) is 5.56 Å². The highest BCUT2D eigenvalue weighted by Gasteiger charge is 2.23. The van der Waals surface area contributed by atoms with Crippen molar-refractivity contribution in [3.63, 3.8) is 0 Å². The molecule has 7 rings (SSSR count). The van der Waals surface area contributed by atoms with Gasteiger partial charge in [-0.3, -0.25) is 4.79 Å². The van der Waals surface area contributed by atoms with E-state index in [0.717, 1.165) is 27.5 Å². The summed E-state index contributed by atoms with van der Waals surface area (Å²) in [6, 6.07) is 27.7. The number of rotatable bonds is 5. The summed E-state index contributed by atoms with van der Waals surface area (Å²) in [5.41, 5.74) is 4.06. The molecule has 1 aliphatic heterocycles. The van der Waals surface area contributed by atoms with Crippen LogP contribution in [0, 0.1) is 0 Å². The lowest BCUT2D eigenvalue weighted by Crippen LogP contribution is -2.37. The predicted molar refractivity (Wildman–Crippen MR) is 147 cm³/mol. The Balaban J connectivity index is 1.48. The highest BCUT2D eigenvalue weighted by atomic mass is 16.5. The number of ether oxygens (including phenoxy) is 2. The predicted octanol–water partition coefficient (Wildman–Crippen LogP) is 6.17. The van der Waals surface area contributed by atoms with Crippen LogP contribution in [0.3, 0.4) is 0 Å². The maximum atomic E-state index is 13.2. The zero-order valence-corrected chi connectivity index (χ0v) is 20.6. The van der Waals surface area contributed by atoms with Gasteiger partial charge in [0.15, 0.2) is 5.58 Å². The molecule has 0 spiro atoms. The number of aromatic nitrogens is 1. The number of furan rings is 1. The molecule has 0 amide bonds. The lowest BCUT2D eigenvalue weighted by molar-refractivity contribution is 0.120. The van der Waals surface area contributed by atoms with Crippen molar-refractivity contribution in [1.82, 2.24) is 4.98 Å². The average Bonchev–Trinajstić information content (AvgIpc) is 3.36. The smallest absolute Gasteiger partial charge is 0.301 e. The third-order valence-corrected chi connectivity index (χ3v) is 6.93. The number of hydrogen-bond acceptors (Lipinski definition) is 7. The van der Waals surface area contributed by atoms with E-state index in [1.807, 2.05) is 83.8 Å². The second-order valence-corrected chi connectivity index (χ2v) is 9.27. The van der Waals surface area contributed by atoms with Gasteiger partial charge < -0.3 is 23.2 Å². The molecule has 4 aromatic carbocycles. The normalized spacial score (nSPS) is 13.9. The first-order valence-electron chi connectivity index (χ1n) is 12.6. The Bertz CT molecular complexity index is 1830. The molecule has 0 aliphatic carbocycles. The fourth-order valence-electron chi connectivity index (χ4n) is 5.04. The molecule has 0 saturated carbocycles. The van der Waals surface area contributed by atoms with Gasteiger partial charge in [0.05, 0.1) is 24.2 Å². The number of para-hydroxylation sites is 2. The Morgan fingerprint density at radius 2 is 1.55 bits per heavy atom. The van der Waals surface area contributed by atoms with Crippen molar-refractivity contribution >= 4 is 38.9 Å². The van der Waals surface area contributed by atoms with Crippen LogP contribution < -0.4 is 15.2 Å². The average molecular weight is 505 g/mol. The van der Waals surface area contributed by atoms with Gasteiger partial charge in [-0.05, 0) is 23.8 Å². The van der Waals surface area contributed by atoms with Crippen molar-refractivity contribution in [2.24, 2.45) is 0 Å². The van der Waals surface area contributed by atoms with Gasteiger partial charge in [-0.15, -0.1) is 0 Å². The van der Waals surface area contributed by atoms with E-state index in [1.54, 1.807) is 6.07 Å². The van der Waals surface area contributed by atoms with Gasteiger partial charge in [-0.2, -0.15) is 4.98 Å². The van der Waals surface area contributed by atoms with Crippen LogP contribution in [0.5, 0.6) is 5.75 Å². The Hall–Kier alpha value is -4.62. The van der Waals surface area contributed by atoms with Crippen molar-refractivity contribution in [1.29, 1.82) is 0 Å². The SMILES string of the molecule is O=c1nc(N2CCOCC2)oc2c(-c3cccc4c3oc3ccccc34)c(OCc3ccccc3)ccc12. The summed E-state index contributed by atoms with van der Waals surface area (Å²) in [4.78, 5) is 19.4. The van der Waals surface area contributed by atoms with E-state index < -0.39 is 0 Å². The monoisotopic (exact) mass is 504 g/mol. The maximum absolute atomic E-state index is 13.2. The molecule has 0 atom stereocenters. The van der Waals surface area contributed by atoms with Crippen molar-refractivity contribution in [2.45, 2.75) is 6.61 Å². The van der Waals surface area contributed by atoms with Gasteiger partial charge in [0.2, 0.25) is 0 Å². The second-order valence-electron chi connectivity index (χ2n) is 9.27. The topological polar surface area (TPSA) is 77.9 Å². The molecular weight excluding hydrogens is 480 g/mol. The van der Waals surface area contributed by atoms with E-state index in [0.29, 0.717) is 60.8 Å². The molecular formula is C31H24N2O5. The van der Waals surface area contributed by atoms with E-state index in [9.17, 15) is 4.79 Å². The molecule has 0 bridgehead atoms. The molecule has 1 saturated heterocycles. The van der Waals surface area contributed by atoms with Crippen molar-refractivity contribution < 1.29 is 18.3 Å². The van der Waals surface area contributed by atoms with Crippen LogP contribution in [0.25, 0.3) is 44.0 Å². The molecule has 0 unspecified atom stereocenters. The molecule has 38 heavy (non-hydrogen) atoms. The number of hydrogen-bond donors (Lipinski definition) is 0. The standard InChI is InChI=1S/C31H24N2O5/c34-30-24-13-14-26(36-19-20-7-2-1-3-8-20)27(29(24)38-31(32-30)33-15-17-35-18-16-33)23-11-6-10-22-21-9-4-5-12-25(21)37-28(22)23/h1-14H,15-19H2. The minimum Gasteiger partial charge on any atom is -0.488 e. The van der Waals surface area contributed by atoms with Crippen LogP contribution in [0.2, 0.25) is 0 Å². The van der Waals surface area contributed by atoms with Crippen molar-refractivity contribution in [3.8, 4) is 16.9 Å². The van der Waals surface area contributed by atoms with Gasteiger partial charge in [0.25, 0.3) is 5.56 Å². The molecule has 188 valence electrons. The summed E-state index contributed by atoms with van der Waals surface area (Å²) in [5, 5.41) is 2.39. The first-order chi connectivity index (χ1) is 18.8. The van der Waals surface area contributed by atoms with Crippen LogP contribution in [0.15, 0.2) is 98.6 Å². The molecule has 1 aliphatic rings. The number of morpholine rings is 1. The van der Waals surface area contributed by atoms with Crippen molar-refractivity contribution in [2.75, 3.05) is 31.2 Å². The lowest BCUT2D eigenvalue weighted by Gasteiger charge is -2.26. The maximum Gasteiger partial charge on any atom is 0.301 e. The molecule has 3 heterocycles. The molecule has 0 radical (unpaired) electrons. The molecule has 0 N–H and O–H groups in total. The fraction of sp³-hybridized carbons (Fsp3) is 0.161. The van der Waals surface area contributed by atoms with Crippen LogP contribution in [-0.2, 0) is 11.3 Å². The summed E-state index contributed by atoms with van der Waals surface area (Å²) in [6.45, 7) is 2.66. The number of nitrogens with zero attached hydrogens (tertiary/aromatic N) is 2. The summed E-state index contributed by atoms with van der Waals surface area (Å²) in [7, 11) is 0. The largest absolute Gasteiger partial charge is 0.488 e. The second kappa shape index (κ2) is 9.36. The number of fused-ring (bicyclic) bond motifs is 4. The zero-order valence-electron chi connectivity index (χ0n) is 20.6. The van der Waals surface area contributed by atoms with Crippen molar-refractivity contribution in [3.05, 3.63) is 101 Å². The summed E-state index contributed by atoms with van der Waals surface area (Å²) >= 11 is 0. The summed E-state index contributed by atoms with van der Waals surface area (Å²) in [5.74, 6) is 0.594. The first-order valence-corrected chi connectivity index (χ1v) is 12.6. The molecule has 7 nitrogen and oxygen atoms in total. The Labute approximate surface area is 217 Å². The number of benzene rings is 4. The van der Waals surface area contributed by atoms with E-state index in [2.05, 4.69) is 4.98 Å². The Morgan fingerprint density at radius 3 is 2.42 bits per heavy atom. The first kappa shape index (κ1) is 22.6. The summed E-state index contributed by atoms with van der Waals surface area (Å²) in [6.07, 6.45) is 0. The Kier molecular flexibility index (Phi) is 5.56. The van der Waals surface area contributed by atoms with Gasteiger partial charge in [-0.25, -0.2) is 0 Å². The van der Waals surface area contributed by atoms with Gasteiger partial charge >= 0.3 is 6.01 Å². The quantitative estimate of drug-likeness (QED) is 0.278. The third kappa shape index (κ3) is 3.88. The fourth-order valence-corrected chi connectivity index (χ4v) is 5.04. The highest BCUT2D eigenvalue weighted by Crippen LogP contribution is 2.43. The zero-order chi connectivity index (χ0) is 25.5. The van der Waals surface area contributed by atoms with Gasteiger partial charge in [0.1, 0.15) is 23.5 Å². The van der Waals surface area contributed by atoms with E-state index in [-0.39, 0.29) is 11.6 Å². The minimum absolute atomic E-state index is 0.282. The van der Waals surface area contributed by atoms with Gasteiger partial charge in [-0.1, -0.05) is 66.7 Å². The molecule has 7 heteroatoms. The van der Waals surface area contributed by atoms with E-state index in [1.165, 1.54) is 0 Å². The molecule has 1 fully saturated rings.